The highest BCUT2D eigenvalue weighted by atomic mass is 19.1. The molecule has 354 valence electrons. The van der Waals surface area contributed by atoms with Crippen LogP contribution in [-0.2, 0) is 17.8 Å². The Kier molecular flexibility index (Phi) is 11.5. The molecule has 1 amide bonds. The minimum atomic E-state index is -0.984. The van der Waals surface area contributed by atoms with E-state index in [4.69, 9.17) is 43.6 Å². The Labute approximate surface area is 388 Å². The van der Waals surface area contributed by atoms with Crippen molar-refractivity contribution in [2.75, 3.05) is 50.3 Å². The minimum absolute atomic E-state index is 0.00557. The van der Waals surface area contributed by atoms with E-state index in [1.54, 1.807) is 26.0 Å². The van der Waals surface area contributed by atoms with Crippen LogP contribution in [0.25, 0.3) is 22.2 Å². The number of pyridine rings is 2. The fraction of sp³-hybridized carbons (Fsp3) is 0.500. The van der Waals surface area contributed by atoms with Gasteiger partial charge in [0.15, 0.2) is 17.5 Å². The molecule has 6 atom stereocenters. The first-order chi connectivity index (χ1) is 32.1. The van der Waals surface area contributed by atoms with Crippen LogP contribution < -0.4 is 28.7 Å². The van der Waals surface area contributed by atoms with Crippen LogP contribution in [0.4, 0.5) is 29.6 Å². The van der Waals surface area contributed by atoms with Gasteiger partial charge in [-0.3, -0.25) is 9.80 Å². The van der Waals surface area contributed by atoms with Gasteiger partial charge in [-0.1, -0.05) is 24.3 Å². The zero-order valence-electron chi connectivity index (χ0n) is 39.0. The van der Waals surface area contributed by atoms with Crippen molar-refractivity contribution in [2.24, 2.45) is 0 Å². The maximum Gasteiger partial charge on any atom is 0.410 e. The van der Waals surface area contributed by atoms with Crippen molar-refractivity contribution in [1.82, 2.24) is 29.7 Å². The monoisotopic (exact) mass is 922 g/mol. The fourth-order valence-electron chi connectivity index (χ4n) is 11.0. The molecule has 4 fully saturated rings. The Morgan fingerprint density at radius 2 is 1.61 bits per heavy atom. The van der Waals surface area contributed by atoms with Gasteiger partial charge in [-0.2, -0.15) is 9.97 Å². The molecule has 67 heavy (non-hydrogen) atoms. The van der Waals surface area contributed by atoms with Crippen molar-refractivity contribution in [3.8, 4) is 34.6 Å². The minimum Gasteiger partial charge on any atom is -0.497 e. The first-order valence-electron chi connectivity index (χ1n) is 23.2. The maximum absolute atomic E-state index is 17.9. The third kappa shape index (κ3) is 8.26. The lowest BCUT2D eigenvalue weighted by Crippen LogP contribution is -2.65. The van der Waals surface area contributed by atoms with E-state index in [1.807, 2.05) is 81.1 Å². The van der Waals surface area contributed by atoms with Gasteiger partial charge in [-0.05, 0) is 108 Å². The van der Waals surface area contributed by atoms with Crippen LogP contribution in [0.2, 0.25) is 0 Å². The van der Waals surface area contributed by atoms with E-state index >= 15 is 8.78 Å². The molecule has 2 aromatic carbocycles. The summed E-state index contributed by atoms with van der Waals surface area (Å²) < 4.78 is 80.3. The number of anilines is 2. The van der Waals surface area contributed by atoms with E-state index in [1.165, 1.54) is 6.07 Å². The topological polar surface area (TPSA) is 128 Å². The van der Waals surface area contributed by atoms with Gasteiger partial charge >= 0.3 is 12.1 Å². The number of alkyl halides is 1. The summed E-state index contributed by atoms with van der Waals surface area (Å²) >= 11 is 0. The second kappa shape index (κ2) is 17.2. The van der Waals surface area contributed by atoms with Gasteiger partial charge in [-0.25, -0.2) is 27.9 Å². The Hall–Kier alpha value is -6.10. The molecule has 0 radical (unpaired) electrons. The maximum atomic E-state index is 17.9. The lowest BCUT2D eigenvalue weighted by molar-refractivity contribution is 0.000932. The number of carbonyl (C=O) groups is 1. The number of nitrogens with zero attached hydrogens (tertiary/aromatic N) is 8. The smallest absolute Gasteiger partial charge is 0.410 e. The van der Waals surface area contributed by atoms with Gasteiger partial charge in [0.1, 0.15) is 58.4 Å². The molecule has 14 nitrogen and oxygen atoms in total. The summed E-state index contributed by atoms with van der Waals surface area (Å²) in [6, 6.07) is 15.3. The number of fused-ring (bicyclic) bond motifs is 6. The number of piperazine rings is 1. The molecule has 10 rings (SSSR count). The number of amides is 1. The normalized spacial score (nSPS) is 24.2. The van der Waals surface area contributed by atoms with Crippen LogP contribution in [0.5, 0.6) is 23.4 Å². The average Bonchev–Trinajstić information content (AvgIpc) is 3.91. The molecule has 5 aliphatic heterocycles. The predicted octanol–water partition coefficient (Wildman–Crippen LogP) is 8.59. The average molecular weight is 923 g/mol. The number of methoxy groups -OCH3 is 2. The first-order valence-corrected chi connectivity index (χ1v) is 23.2. The van der Waals surface area contributed by atoms with Crippen LogP contribution in [0.1, 0.15) is 76.6 Å². The highest BCUT2D eigenvalue weighted by Crippen LogP contribution is 2.48. The summed E-state index contributed by atoms with van der Waals surface area (Å²) in [5.41, 5.74) is 0.293. The van der Waals surface area contributed by atoms with E-state index < -0.39 is 47.2 Å². The van der Waals surface area contributed by atoms with Crippen molar-refractivity contribution >= 4 is 28.6 Å². The van der Waals surface area contributed by atoms with E-state index in [2.05, 4.69) is 9.80 Å². The second-order valence-electron chi connectivity index (χ2n) is 19.6. The zero-order valence-corrected chi connectivity index (χ0v) is 39.0. The summed E-state index contributed by atoms with van der Waals surface area (Å²) in [5, 5.41) is 0.213. The third-order valence-corrected chi connectivity index (χ3v) is 14.0. The van der Waals surface area contributed by atoms with Gasteiger partial charge in [0.2, 0.25) is 5.88 Å². The third-order valence-electron chi connectivity index (χ3n) is 14.0. The number of rotatable bonds is 11. The summed E-state index contributed by atoms with van der Waals surface area (Å²) in [5.74, 6) is 0.0366. The lowest BCUT2D eigenvalue weighted by Gasteiger charge is -2.48. The van der Waals surface area contributed by atoms with Crippen LogP contribution >= 0.6 is 0 Å². The quantitative estimate of drug-likeness (QED) is 0.126. The van der Waals surface area contributed by atoms with Crippen molar-refractivity contribution in [3.63, 3.8) is 0 Å². The van der Waals surface area contributed by atoms with Crippen LogP contribution in [0.15, 0.2) is 54.6 Å². The van der Waals surface area contributed by atoms with E-state index in [9.17, 15) is 9.18 Å². The van der Waals surface area contributed by atoms with Gasteiger partial charge in [-0.15, -0.1) is 0 Å². The Balaban J connectivity index is 1.09. The van der Waals surface area contributed by atoms with Gasteiger partial charge in [0.25, 0.3) is 0 Å². The number of carbonyl (C=O) groups excluding carboxylic acids is 1. The number of aromatic nitrogens is 4. The molecule has 0 N–H and O–H groups in total. The molecule has 5 aliphatic rings. The van der Waals surface area contributed by atoms with Crippen LogP contribution in [0.3, 0.4) is 0 Å². The van der Waals surface area contributed by atoms with E-state index in [0.717, 1.165) is 36.9 Å². The number of aryl methyl sites for hydroxylation is 1. The number of ether oxygens (including phenoxy) is 5. The number of benzene rings is 2. The van der Waals surface area contributed by atoms with Crippen LogP contribution in [-0.4, -0.2) is 118 Å². The number of hydrogen-bond donors (Lipinski definition) is 0. The Morgan fingerprint density at radius 3 is 2.27 bits per heavy atom. The molecule has 17 heteroatoms. The molecule has 0 aliphatic carbocycles. The fourth-order valence-corrected chi connectivity index (χ4v) is 11.0. The predicted molar refractivity (Wildman–Crippen MR) is 246 cm³/mol. The second-order valence-corrected chi connectivity index (χ2v) is 19.6. The van der Waals surface area contributed by atoms with Gasteiger partial charge < -0.3 is 33.5 Å². The SMILES string of the molecule is COc1ccc(CN(Cc2ccc(OC)cc2)c2nc(C)cc(-c3nc4c5c(nc(OC[C@@]67CCCN6C[C@H](F)C7)nc5c3F)N3C[C@H]5CC[C@@H](C3[C@H](C)O4)N5C(=O)OC(C)(C)C)c2F)cc1. The number of hydrogen-bond acceptors (Lipinski definition) is 13. The van der Waals surface area contributed by atoms with Crippen LogP contribution in [0, 0.1) is 18.6 Å². The van der Waals surface area contributed by atoms with E-state index in [0.29, 0.717) is 48.9 Å². The largest absolute Gasteiger partial charge is 0.497 e. The molecule has 0 saturated carbocycles. The number of halogens is 3. The Bertz CT molecular complexity index is 2640. The molecule has 0 spiro atoms. The summed E-state index contributed by atoms with van der Waals surface area (Å²) in [7, 11) is 3.19. The highest BCUT2D eigenvalue weighted by molar-refractivity contribution is 5.97. The summed E-state index contributed by atoms with van der Waals surface area (Å²) in [4.78, 5) is 40.9. The standard InChI is InChI=1S/C50H57F3N8O6/c1-28-21-36(39(52)45(54-28)58(23-30-9-14-34(63-6)15-10-30)24-31-11-16-35(64-7)17-12-31)41-40(53)42-38-44(57-47(56-42)65-27-50-19-8-20-59(50)25-32(51)22-50)60-26-33-13-18-37(43(60)29(2)66-46(38)55-41)61(33)48(62)67-49(3,4)5/h9-12,14-17,21,29,32-33,37,43H,8,13,18-20,22-27H2,1-7H3/t29-,32+,33+,37-,43?,50-/m0/s1. The highest BCUT2D eigenvalue weighted by Gasteiger charge is 2.54. The van der Waals surface area contributed by atoms with Crippen molar-refractivity contribution < 1.29 is 41.7 Å². The van der Waals surface area contributed by atoms with Gasteiger partial charge in [0.05, 0.1) is 37.9 Å². The zero-order chi connectivity index (χ0) is 46.9. The molecular weight excluding hydrogens is 866 g/mol. The summed E-state index contributed by atoms with van der Waals surface area (Å²) in [6.07, 6.45) is 1.37. The molecule has 5 aromatic rings. The van der Waals surface area contributed by atoms with Gasteiger partial charge in [0, 0.05) is 43.9 Å². The molecule has 3 aromatic heterocycles. The van der Waals surface area contributed by atoms with Crippen molar-refractivity contribution in [1.29, 1.82) is 0 Å². The molecular formula is C50H57F3N8O6. The summed E-state index contributed by atoms with van der Waals surface area (Å²) in [6.45, 7) is 11.2. The van der Waals surface area contributed by atoms with E-state index in [-0.39, 0.29) is 71.6 Å². The Morgan fingerprint density at radius 1 is 0.925 bits per heavy atom. The molecule has 2 bridgehead atoms. The molecule has 4 saturated heterocycles. The van der Waals surface area contributed by atoms with Crippen molar-refractivity contribution in [3.05, 3.63) is 83.1 Å². The molecule has 8 heterocycles. The molecule has 1 unspecified atom stereocenters. The lowest BCUT2D eigenvalue weighted by atomic mass is 9.95. The first kappa shape index (κ1) is 44.7. The van der Waals surface area contributed by atoms with Crippen molar-refractivity contribution in [2.45, 2.75) is 121 Å².